The minimum atomic E-state index is 0.0678. The van der Waals surface area contributed by atoms with Crippen LogP contribution in [0.25, 0.3) is 5.78 Å². The summed E-state index contributed by atoms with van der Waals surface area (Å²) in [6, 6.07) is 0.128. The van der Waals surface area contributed by atoms with E-state index in [9.17, 15) is 4.79 Å². The van der Waals surface area contributed by atoms with Crippen molar-refractivity contribution in [2.75, 3.05) is 32.8 Å². The summed E-state index contributed by atoms with van der Waals surface area (Å²) in [6.07, 6.45) is 2.59. The summed E-state index contributed by atoms with van der Waals surface area (Å²) >= 11 is 0. The molecular formula is C17H26N6O2. The van der Waals surface area contributed by atoms with Crippen LogP contribution in [0.5, 0.6) is 0 Å². The second-order valence-electron chi connectivity index (χ2n) is 6.61. The molecule has 8 nitrogen and oxygen atoms in total. The van der Waals surface area contributed by atoms with Crippen LogP contribution in [0.15, 0.2) is 6.33 Å². The predicted molar refractivity (Wildman–Crippen MR) is 93.4 cm³/mol. The van der Waals surface area contributed by atoms with Gasteiger partial charge in [0.25, 0.3) is 5.78 Å². The van der Waals surface area contributed by atoms with Gasteiger partial charge in [0.05, 0.1) is 13.2 Å². The average molecular weight is 346 g/mol. The molecule has 1 aliphatic rings. The number of carbonyl (C=O) groups excluding carboxylic acids is 1. The Bertz CT molecular complexity index is 738. The Labute approximate surface area is 147 Å². The lowest BCUT2D eigenvalue weighted by atomic mass is 10.1. The molecule has 1 fully saturated rings. The second kappa shape index (κ2) is 7.88. The van der Waals surface area contributed by atoms with E-state index >= 15 is 0 Å². The third kappa shape index (κ3) is 4.32. The van der Waals surface area contributed by atoms with Gasteiger partial charge >= 0.3 is 0 Å². The first-order valence-corrected chi connectivity index (χ1v) is 8.80. The Kier molecular flexibility index (Phi) is 5.60. The Hall–Kier alpha value is -2.06. The molecule has 25 heavy (non-hydrogen) atoms. The first kappa shape index (κ1) is 17.8. The van der Waals surface area contributed by atoms with Crippen LogP contribution in [0, 0.1) is 13.8 Å². The zero-order valence-electron chi connectivity index (χ0n) is 15.2. The van der Waals surface area contributed by atoms with Gasteiger partial charge in [0.2, 0.25) is 5.91 Å². The van der Waals surface area contributed by atoms with Crippen LogP contribution in [0.4, 0.5) is 0 Å². The summed E-state index contributed by atoms with van der Waals surface area (Å²) in [5, 5.41) is 7.28. The molecule has 136 valence electrons. The lowest BCUT2D eigenvalue weighted by molar-refractivity contribution is -0.121. The van der Waals surface area contributed by atoms with Crippen molar-refractivity contribution < 1.29 is 9.53 Å². The molecule has 0 bridgehead atoms. The minimum absolute atomic E-state index is 0.0678. The summed E-state index contributed by atoms with van der Waals surface area (Å²) in [4.78, 5) is 23.2. The van der Waals surface area contributed by atoms with E-state index in [4.69, 9.17) is 4.74 Å². The van der Waals surface area contributed by atoms with Crippen molar-refractivity contribution in [1.82, 2.24) is 29.8 Å². The van der Waals surface area contributed by atoms with Crippen molar-refractivity contribution in [3.05, 3.63) is 23.3 Å². The molecule has 1 saturated heterocycles. The van der Waals surface area contributed by atoms with Gasteiger partial charge in [-0.3, -0.25) is 9.69 Å². The van der Waals surface area contributed by atoms with E-state index in [-0.39, 0.29) is 11.9 Å². The molecule has 1 aliphatic heterocycles. The maximum Gasteiger partial charge on any atom is 0.252 e. The summed E-state index contributed by atoms with van der Waals surface area (Å²) in [5.74, 6) is 0.667. The molecule has 0 aliphatic carbocycles. The maximum atomic E-state index is 12.3. The fourth-order valence-corrected chi connectivity index (χ4v) is 3.32. The van der Waals surface area contributed by atoms with Gasteiger partial charge in [0.15, 0.2) is 0 Å². The van der Waals surface area contributed by atoms with Crippen molar-refractivity contribution in [1.29, 1.82) is 0 Å². The minimum Gasteiger partial charge on any atom is -0.379 e. The Morgan fingerprint density at radius 3 is 2.88 bits per heavy atom. The van der Waals surface area contributed by atoms with Crippen molar-refractivity contribution >= 4 is 11.7 Å². The Balaban J connectivity index is 1.53. The number of amides is 1. The van der Waals surface area contributed by atoms with E-state index < -0.39 is 0 Å². The summed E-state index contributed by atoms with van der Waals surface area (Å²) in [6.45, 7) is 10.3. The van der Waals surface area contributed by atoms with Crippen LogP contribution in [-0.4, -0.2) is 69.3 Å². The fourth-order valence-electron chi connectivity index (χ4n) is 3.32. The number of nitrogens with one attached hydrogen (secondary N) is 1. The van der Waals surface area contributed by atoms with Gasteiger partial charge in [-0.15, -0.1) is 0 Å². The largest absolute Gasteiger partial charge is 0.379 e. The number of morpholine rings is 1. The molecule has 1 N–H and O–H groups in total. The quantitative estimate of drug-likeness (QED) is 0.820. The molecule has 2 aromatic heterocycles. The monoisotopic (exact) mass is 346 g/mol. The van der Waals surface area contributed by atoms with E-state index in [1.54, 1.807) is 4.52 Å². The lowest BCUT2D eigenvalue weighted by Crippen LogP contribution is -2.46. The van der Waals surface area contributed by atoms with Crippen LogP contribution in [-0.2, 0) is 16.0 Å². The van der Waals surface area contributed by atoms with Gasteiger partial charge in [-0.1, -0.05) is 0 Å². The van der Waals surface area contributed by atoms with Gasteiger partial charge in [-0.2, -0.15) is 10.1 Å². The molecular weight excluding hydrogens is 320 g/mol. The van der Waals surface area contributed by atoms with Gasteiger partial charge in [-0.05, 0) is 32.8 Å². The van der Waals surface area contributed by atoms with Crippen LogP contribution < -0.4 is 5.32 Å². The number of hydrogen-bond donors (Lipinski definition) is 1. The highest BCUT2D eigenvalue weighted by Crippen LogP contribution is 2.14. The molecule has 8 heteroatoms. The highest BCUT2D eigenvalue weighted by Gasteiger charge is 2.16. The summed E-state index contributed by atoms with van der Waals surface area (Å²) < 4.78 is 7.07. The van der Waals surface area contributed by atoms with E-state index in [0.717, 1.165) is 49.8 Å². The van der Waals surface area contributed by atoms with Crippen LogP contribution >= 0.6 is 0 Å². The van der Waals surface area contributed by atoms with Crippen LogP contribution in [0.3, 0.4) is 0 Å². The smallest absolute Gasteiger partial charge is 0.252 e. The summed E-state index contributed by atoms with van der Waals surface area (Å²) in [5.41, 5.74) is 2.97. The van der Waals surface area contributed by atoms with E-state index in [0.29, 0.717) is 18.6 Å². The van der Waals surface area contributed by atoms with E-state index in [2.05, 4.69) is 25.3 Å². The zero-order valence-corrected chi connectivity index (χ0v) is 15.2. The van der Waals surface area contributed by atoms with E-state index in [1.165, 1.54) is 6.33 Å². The molecule has 1 amide bonds. The first-order valence-electron chi connectivity index (χ1n) is 8.80. The van der Waals surface area contributed by atoms with Crippen molar-refractivity contribution in [2.24, 2.45) is 0 Å². The predicted octanol–water partition coefficient (Wildman–Crippen LogP) is 0.511. The van der Waals surface area contributed by atoms with Crippen molar-refractivity contribution in [2.45, 2.75) is 39.7 Å². The number of fused-ring (bicyclic) bond motifs is 1. The van der Waals surface area contributed by atoms with Gasteiger partial charge in [0.1, 0.15) is 6.33 Å². The molecule has 3 rings (SSSR count). The lowest BCUT2D eigenvalue weighted by Gasteiger charge is -2.29. The summed E-state index contributed by atoms with van der Waals surface area (Å²) in [7, 11) is 0. The van der Waals surface area contributed by atoms with Gasteiger partial charge in [0, 0.05) is 43.5 Å². The molecule has 3 heterocycles. The highest BCUT2D eigenvalue weighted by atomic mass is 16.5. The average Bonchev–Trinajstić information content (AvgIpc) is 3.03. The topological polar surface area (TPSA) is 84.6 Å². The molecule has 2 aromatic rings. The van der Waals surface area contributed by atoms with Crippen LogP contribution in [0.2, 0.25) is 0 Å². The number of nitrogens with zero attached hydrogens (tertiary/aromatic N) is 5. The number of carbonyl (C=O) groups is 1. The second-order valence-corrected chi connectivity index (χ2v) is 6.61. The van der Waals surface area contributed by atoms with Crippen LogP contribution in [0.1, 0.15) is 30.3 Å². The number of aromatic nitrogens is 4. The molecule has 0 spiro atoms. The standard InChI is InChI=1S/C17H26N6O2/c1-12(10-22-6-8-25-9-7-22)20-16(24)5-4-15-13(2)21-17-18-11-19-23(17)14(15)3/h11-12H,4-10H2,1-3H3,(H,20,24)/t12-/m1/s1. The molecule has 1 atom stereocenters. The maximum absolute atomic E-state index is 12.3. The first-order chi connectivity index (χ1) is 12.0. The third-order valence-corrected chi connectivity index (χ3v) is 4.63. The molecule has 0 saturated carbocycles. The zero-order chi connectivity index (χ0) is 17.8. The number of hydrogen-bond acceptors (Lipinski definition) is 6. The molecule has 0 radical (unpaired) electrons. The van der Waals surface area contributed by atoms with Crippen molar-refractivity contribution in [3.8, 4) is 0 Å². The normalized spacial score (nSPS) is 16.9. The van der Waals surface area contributed by atoms with Gasteiger partial charge in [-0.25, -0.2) is 9.50 Å². The Morgan fingerprint density at radius 2 is 2.12 bits per heavy atom. The molecule has 0 unspecified atom stereocenters. The van der Waals surface area contributed by atoms with Gasteiger partial charge < -0.3 is 10.1 Å². The fraction of sp³-hybridized carbons (Fsp3) is 0.647. The van der Waals surface area contributed by atoms with E-state index in [1.807, 2.05) is 20.8 Å². The molecule has 0 aromatic carbocycles. The number of rotatable bonds is 6. The Morgan fingerprint density at radius 1 is 1.36 bits per heavy atom. The third-order valence-electron chi connectivity index (χ3n) is 4.63. The number of aryl methyl sites for hydroxylation is 2. The number of ether oxygens (including phenoxy) is 1. The SMILES string of the molecule is Cc1nc2ncnn2c(C)c1CCC(=O)N[C@H](C)CN1CCOCC1. The van der Waals surface area contributed by atoms with Crippen molar-refractivity contribution in [3.63, 3.8) is 0 Å². The highest BCUT2D eigenvalue weighted by molar-refractivity contribution is 5.76.